The smallest absolute Gasteiger partial charge is 0.236 e. The maximum Gasteiger partial charge on any atom is 0.236 e. The summed E-state index contributed by atoms with van der Waals surface area (Å²) >= 11 is 0. The third kappa shape index (κ3) is 6.25. The number of likely N-dealkylation sites (tertiary alicyclic amines) is 1. The quantitative estimate of drug-likeness (QED) is 0.760. The fraction of sp³-hybridized carbons (Fsp3) is 0.952. The van der Waals surface area contributed by atoms with Crippen LogP contribution in [0.5, 0.6) is 0 Å². The van der Waals surface area contributed by atoms with E-state index in [-0.39, 0.29) is 0 Å². The van der Waals surface area contributed by atoms with E-state index in [0.29, 0.717) is 29.2 Å². The number of carbonyl (C=O) groups is 1. The SMILES string of the molecule is CC(C)C1(C)CCN(C(=O)CN2CCN(CCC(C)(C)C)CC2)CC1. The van der Waals surface area contributed by atoms with Crippen LogP contribution in [-0.2, 0) is 4.79 Å². The molecule has 0 N–H and O–H groups in total. The Morgan fingerprint density at radius 3 is 1.96 bits per heavy atom. The molecule has 2 aliphatic heterocycles. The Morgan fingerprint density at radius 1 is 0.960 bits per heavy atom. The molecule has 0 aromatic carbocycles. The van der Waals surface area contributed by atoms with Gasteiger partial charge in [0.05, 0.1) is 6.54 Å². The Kier molecular flexibility index (Phi) is 6.94. The van der Waals surface area contributed by atoms with Gasteiger partial charge in [-0.1, -0.05) is 41.5 Å². The van der Waals surface area contributed by atoms with Gasteiger partial charge in [-0.2, -0.15) is 0 Å². The van der Waals surface area contributed by atoms with Gasteiger partial charge in [0.1, 0.15) is 0 Å². The Labute approximate surface area is 155 Å². The summed E-state index contributed by atoms with van der Waals surface area (Å²) in [5.41, 5.74) is 0.821. The molecule has 1 amide bonds. The molecular weight excluding hydrogens is 310 g/mol. The summed E-state index contributed by atoms with van der Waals surface area (Å²) < 4.78 is 0. The largest absolute Gasteiger partial charge is 0.342 e. The summed E-state index contributed by atoms with van der Waals surface area (Å²) in [5.74, 6) is 1.04. The number of piperazine rings is 1. The predicted octanol–water partition coefficient (Wildman–Crippen LogP) is 3.32. The number of amides is 1. The average Bonchev–Trinajstić information content (AvgIpc) is 2.54. The van der Waals surface area contributed by atoms with Crippen LogP contribution < -0.4 is 0 Å². The zero-order valence-corrected chi connectivity index (χ0v) is 17.6. The Hall–Kier alpha value is -0.610. The van der Waals surface area contributed by atoms with Gasteiger partial charge in [0.2, 0.25) is 5.91 Å². The molecular formula is C21H41N3O. The van der Waals surface area contributed by atoms with E-state index in [0.717, 1.165) is 52.1 Å². The van der Waals surface area contributed by atoms with Crippen molar-refractivity contribution in [2.45, 2.75) is 60.8 Å². The normalized spacial score (nSPS) is 23.2. The number of carbonyl (C=O) groups excluding carboxylic acids is 1. The summed E-state index contributed by atoms with van der Waals surface area (Å²) in [6.07, 6.45) is 3.54. The predicted molar refractivity (Wildman–Crippen MR) is 106 cm³/mol. The van der Waals surface area contributed by atoms with Crippen LogP contribution in [0.2, 0.25) is 0 Å². The minimum absolute atomic E-state index is 0.342. The molecule has 25 heavy (non-hydrogen) atoms. The van der Waals surface area contributed by atoms with Crippen LogP contribution in [0.15, 0.2) is 0 Å². The molecule has 0 aromatic rings. The first kappa shape index (κ1) is 20.7. The average molecular weight is 352 g/mol. The molecule has 0 spiro atoms. The third-order valence-corrected chi connectivity index (χ3v) is 6.65. The zero-order chi connectivity index (χ0) is 18.7. The first-order valence-corrected chi connectivity index (χ1v) is 10.3. The molecule has 4 nitrogen and oxygen atoms in total. The first-order valence-electron chi connectivity index (χ1n) is 10.3. The molecule has 0 aliphatic carbocycles. The van der Waals surface area contributed by atoms with Gasteiger partial charge >= 0.3 is 0 Å². The first-order chi connectivity index (χ1) is 11.6. The minimum atomic E-state index is 0.342. The van der Waals surface area contributed by atoms with Crippen LogP contribution in [0.1, 0.15) is 60.8 Å². The third-order valence-electron chi connectivity index (χ3n) is 6.65. The van der Waals surface area contributed by atoms with Crippen molar-refractivity contribution in [1.82, 2.24) is 14.7 Å². The molecule has 2 aliphatic rings. The Bertz CT molecular complexity index is 425. The summed E-state index contributed by atoms with van der Waals surface area (Å²) in [4.78, 5) is 19.7. The van der Waals surface area contributed by atoms with Crippen LogP contribution >= 0.6 is 0 Å². The summed E-state index contributed by atoms with van der Waals surface area (Å²) in [6, 6.07) is 0. The summed E-state index contributed by atoms with van der Waals surface area (Å²) in [5, 5.41) is 0. The zero-order valence-electron chi connectivity index (χ0n) is 17.6. The van der Waals surface area contributed by atoms with Crippen molar-refractivity contribution >= 4 is 5.91 Å². The molecule has 0 radical (unpaired) electrons. The van der Waals surface area contributed by atoms with Crippen molar-refractivity contribution in [3.8, 4) is 0 Å². The number of piperidine rings is 1. The maximum atomic E-state index is 12.7. The molecule has 2 heterocycles. The second kappa shape index (κ2) is 8.39. The van der Waals surface area contributed by atoms with Crippen molar-refractivity contribution < 1.29 is 4.79 Å². The lowest BCUT2D eigenvalue weighted by atomic mass is 9.72. The van der Waals surface area contributed by atoms with E-state index >= 15 is 0 Å². The van der Waals surface area contributed by atoms with E-state index in [1.807, 2.05) is 0 Å². The lowest BCUT2D eigenvalue weighted by Gasteiger charge is -2.43. The van der Waals surface area contributed by atoms with Gasteiger partial charge in [0.15, 0.2) is 0 Å². The molecule has 0 atom stereocenters. The lowest BCUT2D eigenvalue weighted by molar-refractivity contribution is -0.135. The van der Waals surface area contributed by atoms with Crippen molar-refractivity contribution in [3.63, 3.8) is 0 Å². The standard InChI is InChI=1S/C21H41N3O/c1-18(2)21(6)8-11-24(12-9-21)19(25)17-23-15-13-22(14-16-23)10-7-20(3,4)5/h18H,7-17H2,1-6H3. The molecule has 0 unspecified atom stereocenters. The number of hydrogen-bond donors (Lipinski definition) is 0. The Balaban J connectivity index is 1.69. The number of rotatable bonds is 5. The highest BCUT2D eigenvalue weighted by Crippen LogP contribution is 2.37. The van der Waals surface area contributed by atoms with Crippen molar-refractivity contribution in [3.05, 3.63) is 0 Å². The van der Waals surface area contributed by atoms with Crippen LogP contribution in [0, 0.1) is 16.7 Å². The van der Waals surface area contributed by atoms with E-state index in [1.165, 1.54) is 13.0 Å². The van der Waals surface area contributed by atoms with Gasteiger partial charge in [0.25, 0.3) is 0 Å². The second-order valence-electron chi connectivity index (χ2n) is 10.1. The Morgan fingerprint density at radius 2 is 1.48 bits per heavy atom. The van der Waals surface area contributed by atoms with Crippen LogP contribution in [0.25, 0.3) is 0 Å². The van der Waals surface area contributed by atoms with E-state index in [1.54, 1.807) is 0 Å². The van der Waals surface area contributed by atoms with Crippen LogP contribution in [-0.4, -0.2) is 73.0 Å². The number of nitrogens with zero attached hydrogens (tertiary/aromatic N) is 3. The van der Waals surface area contributed by atoms with Crippen molar-refractivity contribution in [2.75, 3.05) is 52.4 Å². The molecule has 0 aromatic heterocycles. The van der Waals surface area contributed by atoms with Crippen LogP contribution in [0.3, 0.4) is 0 Å². The maximum absolute atomic E-state index is 12.7. The van der Waals surface area contributed by atoms with Gasteiger partial charge in [-0.15, -0.1) is 0 Å². The van der Waals surface area contributed by atoms with E-state index in [4.69, 9.17) is 0 Å². The molecule has 2 saturated heterocycles. The topological polar surface area (TPSA) is 26.8 Å². The highest BCUT2D eigenvalue weighted by molar-refractivity contribution is 5.78. The molecule has 2 fully saturated rings. The molecule has 146 valence electrons. The minimum Gasteiger partial charge on any atom is -0.342 e. The monoisotopic (exact) mass is 351 g/mol. The lowest BCUT2D eigenvalue weighted by Crippen LogP contribution is -2.52. The molecule has 4 heteroatoms. The fourth-order valence-corrected chi connectivity index (χ4v) is 3.80. The molecule has 2 rings (SSSR count). The molecule has 0 bridgehead atoms. The van der Waals surface area contributed by atoms with E-state index < -0.39 is 0 Å². The van der Waals surface area contributed by atoms with Crippen molar-refractivity contribution in [2.24, 2.45) is 16.7 Å². The van der Waals surface area contributed by atoms with Gasteiger partial charge in [-0.25, -0.2) is 0 Å². The van der Waals surface area contributed by atoms with Gasteiger partial charge in [0, 0.05) is 39.3 Å². The van der Waals surface area contributed by atoms with Crippen molar-refractivity contribution in [1.29, 1.82) is 0 Å². The second-order valence-corrected chi connectivity index (χ2v) is 10.1. The summed E-state index contributed by atoms with van der Waals surface area (Å²) in [7, 11) is 0. The number of hydrogen-bond acceptors (Lipinski definition) is 3. The van der Waals surface area contributed by atoms with Gasteiger partial charge < -0.3 is 9.80 Å². The van der Waals surface area contributed by atoms with E-state index in [9.17, 15) is 4.79 Å². The highest BCUT2D eigenvalue weighted by atomic mass is 16.2. The highest BCUT2D eigenvalue weighted by Gasteiger charge is 2.34. The van der Waals surface area contributed by atoms with E-state index in [2.05, 4.69) is 56.2 Å². The molecule has 0 saturated carbocycles. The summed E-state index contributed by atoms with van der Waals surface area (Å²) in [6.45, 7) is 21.9. The fourth-order valence-electron chi connectivity index (χ4n) is 3.80. The van der Waals surface area contributed by atoms with Crippen LogP contribution in [0.4, 0.5) is 0 Å². The van der Waals surface area contributed by atoms with Gasteiger partial charge in [-0.3, -0.25) is 9.69 Å². The van der Waals surface area contributed by atoms with Gasteiger partial charge in [-0.05, 0) is 42.6 Å².